The van der Waals surface area contributed by atoms with Gasteiger partial charge in [0.1, 0.15) is 0 Å². The highest BCUT2D eigenvalue weighted by atomic mass is 16.2. The molecule has 0 saturated carbocycles. The van der Waals surface area contributed by atoms with E-state index >= 15 is 0 Å². The van der Waals surface area contributed by atoms with Gasteiger partial charge in [-0.05, 0) is 59.1 Å². The number of piperidine rings is 1. The lowest BCUT2D eigenvalue weighted by Crippen LogP contribution is -2.44. The first kappa shape index (κ1) is 23.9. The molecule has 1 aromatic carbocycles. The van der Waals surface area contributed by atoms with Gasteiger partial charge in [-0.2, -0.15) is 5.10 Å². The molecular formula is C27H35N5O2. The monoisotopic (exact) mass is 461 g/mol. The fourth-order valence-corrected chi connectivity index (χ4v) is 4.86. The minimum Gasteiger partial charge on any atom is -0.343 e. The maximum absolute atomic E-state index is 13.7. The number of aryl methyl sites for hydroxylation is 1. The van der Waals surface area contributed by atoms with E-state index in [4.69, 9.17) is 4.98 Å². The lowest BCUT2D eigenvalue weighted by molar-refractivity contribution is -0.136. The standard InChI is InChI=1S/C27H35N5O2/c1-6-30(7-2)26(33)20-12-14-31(15-13-20)27(34)22-16-24(21-11-9-8-10-19(21)5)29-25-23(22)17-28-32(25)18(3)4/h8-11,16-18,20H,6-7,12-15H2,1-5H3. The molecule has 3 heterocycles. The van der Waals surface area contributed by atoms with Crippen molar-refractivity contribution >= 4 is 22.8 Å². The fourth-order valence-electron chi connectivity index (χ4n) is 4.86. The number of hydrogen-bond donors (Lipinski definition) is 0. The Morgan fingerprint density at radius 1 is 1.12 bits per heavy atom. The Bertz CT molecular complexity index is 1190. The molecule has 4 rings (SSSR count). The Hall–Kier alpha value is -3.22. The van der Waals surface area contributed by atoms with E-state index in [2.05, 4.69) is 31.9 Å². The number of likely N-dealkylation sites (tertiary alicyclic amines) is 1. The smallest absolute Gasteiger partial charge is 0.254 e. The highest BCUT2D eigenvalue weighted by molar-refractivity contribution is 6.06. The van der Waals surface area contributed by atoms with E-state index in [1.807, 2.05) is 52.6 Å². The third-order valence-electron chi connectivity index (χ3n) is 6.91. The number of benzene rings is 1. The van der Waals surface area contributed by atoms with Crippen LogP contribution in [0.25, 0.3) is 22.3 Å². The summed E-state index contributed by atoms with van der Waals surface area (Å²) in [5.41, 5.74) is 4.26. The Balaban J connectivity index is 1.67. The van der Waals surface area contributed by atoms with E-state index in [0.717, 1.165) is 40.9 Å². The van der Waals surface area contributed by atoms with Crippen LogP contribution < -0.4 is 0 Å². The summed E-state index contributed by atoms with van der Waals surface area (Å²) >= 11 is 0. The summed E-state index contributed by atoms with van der Waals surface area (Å²) in [6, 6.07) is 10.1. The predicted molar refractivity (Wildman–Crippen MR) is 135 cm³/mol. The first-order chi connectivity index (χ1) is 16.3. The van der Waals surface area contributed by atoms with Gasteiger partial charge in [-0.1, -0.05) is 24.3 Å². The maximum atomic E-state index is 13.7. The molecule has 0 aliphatic carbocycles. The molecule has 0 unspecified atom stereocenters. The zero-order chi connectivity index (χ0) is 24.4. The molecule has 1 aliphatic rings. The Labute approximate surface area is 201 Å². The summed E-state index contributed by atoms with van der Waals surface area (Å²) in [6.07, 6.45) is 3.16. The maximum Gasteiger partial charge on any atom is 0.254 e. The quantitative estimate of drug-likeness (QED) is 0.533. The van der Waals surface area contributed by atoms with E-state index in [-0.39, 0.29) is 23.8 Å². The Morgan fingerprint density at radius 3 is 2.41 bits per heavy atom. The third-order valence-corrected chi connectivity index (χ3v) is 6.91. The molecular weight excluding hydrogens is 426 g/mol. The van der Waals surface area contributed by atoms with Crippen molar-refractivity contribution in [1.29, 1.82) is 0 Å². The SMILES string of the molecule is CCN(CC)C(=O)C1CCN(C(=O)c2cc(-c3ccccc3C)nc3c2cnn3C(C)C)CC1. The zero-order valence-electron chi connectivity index (χ0n) is 20.9. The van der Waals surface area contributed by atoms with Crippen molar-refractivity contribution < 1.29 is 9.59 Å². The number of amides is 2. The highest BCUT2D eigenvalue weighted by Crippen LogP contribution is 2.30. The number of fused-ring (bicyclic) bond motifs is 1. The number of pyridine rings is 1. The van der Waals surface area contributed by atoms with Gasteiger partial charge in [-0.15, -0.1) is 0 Å². The molecule has 0 N–H and O–H groups in total. The average molecular weight is 462 g/mol. The van der Waals surface area contributed by atoms with Gasteiger partial charge >= 0.3 is 0 Å². The summed E-state index contributed by atoms with van der Waals surface area (Å²) in [5.74, 6) is 0.190. The molecule has 1 saturated heterocycles. The van der Waals surface area contributed by atoms with Crippen molar-refractivity contribution in [2.24, 2.45) is 5.92 Å². The van der Waals surface area contributed by atoms with Gasteiger partial charge in [0, 0.05) is 43.7 Å². The Kier molecular flexibility index (Phi) is 7.00. The molecule has 0 bridgehead atoms. The minimum atomic E-state index is -0.0146. The van der Waals surface area contributed by atoms with Crippen LogP contribution in [0.5, 0.6) is 0 Å². The summed E-state index contributed by atoms with van der Waals surface area (Å²) in [4.78, 5) is 35.2. The largest absolute Gasteiger partial charge is 0.343 e. The second-order valence-corrected chi connectivity index (χ2v) is 9.37. The molecule has 180 valence electrons. The van der Waals surface area contributed by atoms with Gasteiger partial charge in [0.05, 0.1) is 22.8 Å². The van der Waals surface area contributed by atoms with Crippen molar-refractivity contribution in [1.82, 2.24) is 24.6 Å². The van der Waals surface area contributed by atoms with Crippen molar-refractivity contribution in [3.8, 4) is 11.3 Å². The van der Waals surface area contributed by atoms with E-state index in [1.54, 1.807) is 6.20 Å². The number of aromatic nitrogens is 3. The molecule has 1 aliphatic heterocycles. The van der Waals surface area contributed by atoms with E-state index in [0.29, 0.717) is 31.5 Å². The van der Waals surface area contributed by atoms with Crippen molar-refractivity contribution in [2.75, 3.05) is 26.2 Å². The van der Waals surface area contributed by atoms with Crippen molar-refractivity contribution in [3.05, 3.63) is 47.7 Å². The van der Waals surface area contributed by atoms with Crippen LogP contribution in [0.1, 0.15) is 62.5 Å². The number of carbonyl (C=O) groups excluding carboxylic acids is 2. The van der Waals surface area contributed by atoms with Gasteiger partial charge in [0.25, 0.3) is 5.91 Å². The van der Waals surface area contributed by atoms with Crippen LogP contribution in [0.4, 0.5) is 0 Å². The van der Waals surface area contributed by atoms with E-state index in [9.17, 15) is 9.59 Å². The molecule has 0 atom stereocenters. The fraction of sp³-hybridized carbons (Fsp3) is 0.481. The Morgan fingerprint density at radius 2 is 1.79 bits per heavy atom. The number of carbonyl (C=O) groups is 2. The van der Waals surface area contributed by atoms with Crippen LogP contribution in [-0.4, -0.2) is 62.6 Å². The number of nitrogens with zero attached hydrogens (tertiary/aromatic N) is 5. The minimum absolute atomic E-state index is 0.00682. The molecule has 2 amide bonds. The first-order valence-corrected chi connectivity index (χ1v) is 12.4. The molecule has 2 aromatic heterocycles. The van der Waals surface area contributed by atoms with Gasteiger partial charge in [-0.25, -0.2) is 9.67 Å². The van der Waals surface area contributed by atoms with Crippen molar-refractivity contribution in [3.63, 3.8) is 0 Å². The molecule has 1 fully saturated rings. The van der Waals surface area contributed by atoms with Crippen LogP contribution in [0.15, 0.2) is 36.5 Å². The normalized spacial score (nSPS) is 14.7. The van der Waals surface area contributed by atoms with Crippen LogP contribution in [0.3, 0.4) is 0 Å². The first-order valence-electron chi connectivity index (χ1n) is 12.4. The second-order valence-electron chi connectivity index (χ2n) is 9.37. The van der Waals surface area contributed by atoms with Crippen LogP contribution in [0.2, 0.25) is 0 Å². The molecule has 0 radical (unpaired) electrons. The summed E-state index contributed by atoms with van der Waals surface area (Å²) in [7, 11) is 0. The van der Waals surface area contributed by atoms with Gasteiger partial charge in [0.2, 0.25) is 5.91 Å². The van der Waals surface area contributed by atoms with Crippen LogP contribution in [-0.2, 0) is 4.79 Å². The number of hydrogen-bond acceptors (Lipinski definition) is 4. The predicted octanol–water partition coefficient (Wildman–Crippen LogP) is 4.71. The number of rotatable bonds is 6. The second kappa shape index (κ2) is 9.95. The lowest BCUT2D eigenvalue weighted by Gasteiger charge is -2.34. The molecule has 34 heavy (non-hydrogen) atoms. The van der Waals surface area contributed by atoms with E-state index < -0.39 is 0 Å². The molecule has 3 aromatic rings. The average Bonchev–Trinajstić information content (AvgIpc) is 3.28. The highest BCUT2D eigenvalue weighted by Gasteiger charge is 2.31. The molecule has 7 nitrogen and oxygen atoms in total. The molecule has 0 spiro atoms. The van der Waals surface area contributed by atoms with Gasteiger partial charge in [-0.3, -0.25) is 9.59 Å². The third kappa shape index (κ3) is 4.43. The zero-order valence-corrected chi connectivity index (χ0v) is 20.9. The van der Waals surface area contributed by atoms with Gasteiger partial charge < -0.3 is 9.80 Å². The van der Waals surface area contributed by atoms with Crippen LogP contribution in [0, 0.1) is 12.8 Å². The summed E-state index contributed by atoms with van der Waals surface area (Å²) in [6.45, 7) is 12.8. The van der Waals surface area contributed by atoms with Crippen LogP contribution >= 0.6 is 0 Å². The lowest BCUT2D eigenvalue weighted by atomic mass is 9.94. The van der Waals surface area contributed by atoms with E-state index in [1.165, 1.54) is 0 Å². The topological polar surface area (TPSA) is 71.3 Å². The summed E-state index contributed by atoms with van der Waals surface area (Å²) in [5, 5.41) is 5.32. The summed E-state index contributed by atoms with van der Waals surface area (Å²) < 4.78 is 1.88. The van der Waals surface area contributed by atoms with Gasteiger partial charge in [0.15, 0.2) is 5.65 Å². The van der Waals surface area contributed by atoms with Crippen molar-refractivity contribution in [2.45, 2.75) is 53.5 Å². The molecule has 7 heteroatoms.